The van der Waals surface area contributed by atoms with Crippen LogP contribution in [0.5, 0.6) is 5.75 Å². The number of nitrogens with zero attached hydrogens (tertiary/aromatic N) is 1. The molecule has 21 heavy (non-hydrogen) atoms. The number of amides is 3. The first kappa shape index (κ1) is 14.4. The zero-order valence-corrected chi connectivity index (χ0v) is 13.4. The van der Waals surface area contributed by atoms with Crippen molar-refractivity contribution in [3.63, 3.8) is 0 Å². The minimum atomic E-state index is -0.662. The van der Waals surface area contributed by atoms with Crippen LogP contribution in [0.2, 0.25) is 0 Å². The SMILES string of the molecule is COc1ccc(Br)cc1CN1C(=O)NC(=O)C12CCCC2. The molecular weight excluding hydrogens is 336 g/mol. The number of urea groups is 1. The molecule has 0 aromatic heterocycles. The molecule has 1 spiro atoms. The Morgan fingerprint density at radius 1 is 1.33 bits per heavy atom. The summed E-state index contributed by atoms with van der Waals surface area (Å²) in [6.45, 7) is 0.375. The van der Waals surface area contributed by atoms with Crippen molar-refractivity contribution < 1.29 is 14.3 Å². The summed E-state index contributed by atoms with van der Waals surface area (Å²) in [5.41, 5.74) is 0.229. The van der Waals surface area contributed by atoms with Crippen LogP contribution in [-0.4, -0.2) is 29.5 Å². The summed E-state index contributed by atoms with van der Waals surface area (Å²) >= 11 is 3.44. The molecule has 0 radical (unpaired) electrons. The number of hydrogen-bond acceptors (Lipinski definition) is 3. The standard InChI is InChI=1S/C15H17BrN2O3/c1-21-12-5-4-11(16)8-10(12)9-18-14(20)17-13(19)15(18)6-2-3-7-15/h4-5,8H,2-3,6-7,9H2,1H3,(H,17,19,20). The summed E-state index contributed by atoms with van der Waals surface area (Å²) in [5, 5.41) is 2.47. The summed E-state index contributed by atoms with van der Waals surface area (Å²) in [4.78, 5) is 26.1. The summed E-state index contributed by atoms with van der Waals surface area (Å²) in [6, 6.07) is 5.38. The van der Waals surface area contributed by atoms with Gasteiger partial charge in [-0.3, -0.25) is 10.1 Å². The second-order valence-corrected chi connectivity index (χ2v) is 6.46. The topological polar surface area (TPSA) is 58.6 Å². The van der Waals surface area contributed by atoms with Gasteiger partial charge in [0.05, 0.1) is 13.7 Å². The molecule has 3 amide bonds. The number of benzene rings is 1. The van der Waals surface area contributed by atoms with Gasteiger partial charge < -0.3 is 9.64 Å². The first-order valence-corrected chi connectivity index (χ1v) is 7.81. The number of methoxy groups -OCH3 is 1. The largest absolute Gasteiger partial charge is 0.496 e. The van der Waals surface area contributed by atoms with E-state index in [4.69, 9.17) is 4.74 Å². The van der Waals surface area contributed by atoms with Gasteiger partial charge in [0.2, 0.25) is 0 Å². The van der Waals surface area contributed by atoms with Crippen molar-refractivity contribution in [3.8, 4) is 5.75 Å². The lowest BCUT2D eigenvalue weighted by Crippen LogP contribution is -2.46. The van der Waals surface area contributed by atoms with Crippen LogP contribution < -0.4 is 10.1 Å². The maximum absolute atomic E-state index is 12.2. The van der Waals surface area contributed by atoms with Gasteiger partial charge in [-0.05, 0) is 31.0 Å². The average Bonchev–Trinajstić information content (AvgIpc) is 3.02. The Morgan fingerprint density at radius 3 is 2.71 bits per heavy atom. The van der Waals surface area contributed by atoms with Gasteiger partial charge in [-0.25, -0.2) is 4.79 Å². The molecule has 1 aromatic rings. The number of carbonyl (C=O) groups is 2. The molecule has 1 heterocycles. The lowest BCUT2D eigenvalue weighted by molar-refractivity contribution is -0.126. The Morgan fingerprint density at radius 2 is 2.05 bits per heavy atom. The van der Waals surface area contributed by atoms with Gasteiger partial charge >= 0.3 is 6.03 Å². The first-order chi connectivity index (χ1) is 10.1. The molecule has 1 saturated carbocycles. The fourth-order valence-corrected chi connectivity index (χ4v) is 3.73. The molecule has 0 unspecified atom stereocenters. The Bertz CT molecular complexity index is 597. The van der Waals surface area contributed by atoms with Crippen molar-refractivity contribution in [2.45, 2.75) is 37.8 Å². The number of rotatable bonds is 3. The second kappa shape index (κ2) is 5.33. The number of hydrogen-bond donors (Lipinski definition) is 1. The van der Waals surface area contributed by atoms with Crippen LogP contribution >= 0.6 is 15.9 Å². The molecule has 0 bridgehead atoms. The van der Waals surface area contributed by atoms with Crippen LogP contribution in [0.15, 0.2) is 22.7 Å². The van der Waals surface area contributed by atoms with E-state index in [0.29, 0.717) is 6.54 Å². The molecule has 2 fully saturated rings. The fraction of sp³-hybridized carbons (Fsp3) is 0.467. The van der Waals surface area contributed by atoms with Crippen LogP contribution in [0.3, 0.4) is 0 Å². The lowest BCUT2D eigenvalue weighted by Gasteiger charge is -2.31. The fourth-order valence-electron chi connectivity index (χ4n) is 3.32. The molecule has 0 atom stereocenters. The lowest BCUT2D eigenvalue weighted by atomic mass is 9.95. The molecular formula is C15H17BrN2O3. The van der Waals surface area contributed by atoms with Gasteiger partial charge in [0, 0.05) is 10.0 Å². The highest BCUT2D eigenvalue weighted by Gasteiger charge is 2.54. The van der Waals surface area contributed by atoms with Crippen molar-refractivity contribution in [3.05, 3.63) is 28.2 Å². The average molecular weight is 353 g/mol. The number of imide groups is 1. The Labute approximate surface area is 131 Å². The Hall–Kier alpha value is -1.56. The third-order valence-electron chi connectivity index (χ3n) is 4.41. The molecule has 6 heteroatoms. The number of halogens is 1. The van der Waals surface area contributed by atoms with E-state index >= 15 is 0 Å². The van der Waals surface area contributed by atoms with Crippen LogP contribution in [-0.2, 0) is 11.3 Å². The molecule has 2 aliphatic rings. The number of nitrogens with one attached hydrogen (secondary N) is 1. The third-order valence-corrected chi connectivity index (χ3v) is 4.90. The number of ether oxygens (including phenoxy) is 1. The van der Waals surface area contributed by atoms with Crippen LogP contribution in [0.4, 0.5) is 4.79 Å². The minimum absolute atomic E-state index is 0.154. The zero-order chi connectivity index (χ0) is 15.0. The monoisotopic (exact) mass is 352 g/mol. The Balaban J connectivity index is 1.94. The van der Waals surface area contributed by atoms with Crippen LogP contribution in [0.25, 0.3) is 0 Å². The van der Waals surface area contributed by atoms with Crippen molar-refractivity contribution in [2.24, 2.45) is 0 Å². The van der Waals surface area contributed by atoms with Gasteiger partial charge in [-0.2, -0.15) is 0 Å². The zero-order valence-electron chi connectivity index (χ0n) is 11.8. The maximum atomic E-state index is 12.2. The van der Waals surface area contributed by atoms with Gasteiger partial charge in [-0.15, -0.1) is 0 Å². The number of carbonyl (C=O) groups excluding carboxylic acids is 2. The highest BCUT2D eigenvalue weighted by Crippen LogP contribution is 2.40. The minimum Gasteiger partial charge on any atom is -0.496 e. The molecule has 1 aromatic carbocycles. The van der Waals surface area contributed by atoms with E-state index in [1.807, 2.05) is 18.2 Å². The Kier molecular flexibility index (Phi) is 3.65. The van der Waals surface area contributed by atoms with Crippen molar-refractivity contribution in [1.82, 2.24) is 10.2 Å². The van der Waals surface area contributed by atoms with Crippen LogP contribution in [0, 0.1) is 0 Å². The molecule has 3 rings (SSSR count). The summed E-state index contributed by atoms with van der Waals surface area (Å²) in [7, 11) is 1.60. The van der Waals surface area contributed by atoms with E-state index in [1.165, 1.54) is 0 Å². The van der Waals surface area contributed by atoms with Gasteiger partial charge in [0.1, 0.15) is 11.3 Å². The van der Waals surface area contributed by atoms with E-state index in [0.717, 1.165) is 41.5 Å². The van der Waals surface area contributed by atoms with Crippen molar-refractivity contribution in [2.75, 3.05) is 7.11 Å². The van der Waals surface area contributed by atoms with Crippen molar-refractivity contribution in [1.29, 1.82) is 0 Å². The predicted molar refractivity (Wildman–Crippen MR) is 81.0 cm³/mol. The predicted octanol–water partition coefficient (Wildman–Crippen LogP) is 2.82. The molecule has 5 nitrogen and oxygen atoms in total. The van der Waals surface area contributed by atoms with Crippen LogP contribution in [0.1, 0.15) is 31.2 Å². The summed E-state index contributed by atoms with van der Waals surface area (Å²) in [6.07, 6.45) is 3.43. The van der Waals surface area contributed by atoms with Gasteiger partial charge in [-0.1, -0.05) is 28.8 Å². The van der Waals surface area contributed by atoms with Gasteiger partial charge in [0.25, 0.3) is 5.91 Å². The maximum Gasteiger partial charge on any atom is 0.325 e. The van der Waals surface area contributed by atoms with Crippen molar-refractivity contribution >= 4 is 27.9 Å². The third kappa shape index (κ3) is 2.31. The summed E-state index contributed by atoms with van der Waals surface area (Å²) in [5.74, 6) is 0.567. The van der Waals surface area contributed by atoms with E-state index < -0.39 is 5.54 Å². The smallest absolute Gasteiger partial charge is 0.325 e. The quantitative estimate of drug-likeness (QED) is 0.851. The highest BCUT2D eigenvalue weighted by molar-refractivity contribution is 9.10. The molecule has 1 saturated heterocycles. The molecule has 1 N–H and O–H groups in total. The molecule has 1 aliphatic heterocycles. The molecule has 112 valence electrons. The normalized spacial score (nSPS) is 20.2. The van der Waals surface area contributed by atoms with E-state index in [9.17, 15) is 9.59 Å². The van der Waals surface area contributed by atoms with E-state index in [-0.39, 0.29) is 11.9 Å². The van der Waals surface area contributed by atoms with Gasteiger partial charge in [0.15, 0.2) is 0 Å². The van der Waals surface area contributed by atoms with E-state index in [2.05, 4.69) is 21.2 Å². The molecule has 1 aliphatic carbocycles. The second-order valence-electron chi connectivity index (χ2n) is 5.54. The first-order valence-electron chi connectivity index (χ1n) is 7.02. The summed E-state index contributed by atoms with van der Waals surface area (Å²) < 4.78 is 6.28. The highest BCUT2D eigenvalue weighted by atomic mass is 79.9. The van der Waals surface area contributed by atoms with E-state index in [1.54, 1.807) is 12.0 Å².